The molecule has 0 aliphatic heterocycles. The van der Waals surface area contributed by atoms with E-state index in [1.54, 1.807) is 24.8 Å². The zero-order valence-corrected chi connectivity index (χ0v) is 7.54. The molecule has 0 aromatic carbocycles. The number of rotatable bonds is 2. The molecule has 0 aliphatic carbocycles. The molecule has 0 saturated carbocycles. The van der Waals surface area contributed by atoms with Crippen LogP contribution in [0.4, 0.5) is 5.82 Å². The average Bonchev–Trinajstić information content (AvgIpc) is 2.29. The molecule has 3 nitrogen and oxygen atoms in total. The van der Waals surface area contributed by atoms with Crippen molar-refractivity contribution in [2.75, 3.05) is 0 Å². The Hall–Kier alpha value is -2.03. The smallest absolute Gasteiger partial charge is 0.151 e. The Bertz CT molecular complexity index is 368. The summed E-state index contributed by atoms with van der Waals surface area (Å²) >= 11 is 0. The van der Waals surface area contributed by atoms with Gasteiger partial charge in [-0.2, -0.15) is 0 Å². The minimum absolute atomic E-state index is 0.712. The zero-order valence-electron chi connectivity index (χ0n) is 7.54. The summed E-state index contributed by atoms with van der Waals surface area (Å²) in [6.45, 7) is 0. The predicted molar refractivity (Wildman–Crippen MR) is 55.7 cm³/mol. The number of aromatic nitrogens is 2. The molecule has 0 fully saturated rings. The van der Waals surface area contributed by atoms with Gasteiger partial charge in [-0.05, 0) is 29.8 Å². The number of aliphatic imine (C=N–C) groups is 1. The van der Waals surface area contributed by atoms with Crippen LogP contribution in [0.1, 0.15) is 5.56 Å². The highest BCUT2D eigenvalue weighted by molar-refractivity contribution is 5.81. The van der Waals surface area contributed by atoms with Gasteiger partial charge in [0.1, 0.15) is 0 Å². The number of nitrogens with zero attached hydrogens (tertiary/aromatic N) is 3. The van der Waals surface area contributed by atoms with Gasteiger partial charge in [0.05, 0.1) is 0 Å². The first-order valence-electron chi connectivity index (χ1n) is 4.30. The molecule has 0 spiro atoms. The van der Waals surface area contributed by atoms with Crippen LogP contribution in [0.2, 0.25) is 0 Å². The van der Waals surface area contributed by atoms with E-state index in [-0.39, 0.29) is 0 Å². The fourth-order valence-corrected chi connectivity index (χ4v) is 1.02. The maximum atomic E-state index is 4.21. The van der Waals surface area contributed by atoms with Gasteiger partial charge in [0, 0.05) is 24.8 Å². The molecule has 0 bridgehead atoms. The SMILES string of the molecule is C(=N\c1ccccn1)/c1ccncc1. The Balaban J connectivity index is 2.16. The molecule has 0 aliphatic rings. The van der Waals surface area contributed by atoms with E-state index in [9.17, 15) is 0 Å². The van der Waals surface area contributed by atoms with Crippen molar-refractivity contribution >= 4 is 12.0 Å². The standard InChI is InChI=1S/C11H9N3/c1-2-6-13-11(3-1)14-9-10-4-7-12-8-5-10/h1-9H/b14-9+. The highest BCUT2D eigenvalue weighted by Gasteiger charge is 1.86. The van der Waals surface area contributed by atoms with Crippen molar-refractivity contribution in [3.8, 4) is 0 Å². The number of hydrogen-bond acceptors (Lipinski definition) is 3. The van der Waals surface area contributed by atoms with Gasteiger partial charge >= 0.3 is 0 Å². The highest BCUT2D eigenvalue weighted by Crippen LogP contribution is 2.04. The van der Waals surface area contributed by atoms with E-state index in [1.165, 1.54) is 0 Å². The third kappa shape index (κ3) is 2.23. The van der Waals surface area contributed by atoms with Crippen LogP contribution in [-0.2, 0) is 0 Å². The summed E-state index contributed by atoms with van der Waals surface area (Å²) in [5.74, 6) is 0.712. The zero-order chi connectivity index (χ0) is 9.64. The number of pyridine rings is 2. The van der Waals surface area contributed by atoms with Crippen LogP contribution in [0.5, 0.6) is 0 Å². The lowest BCUT2D eigenvalue weighted by atomic mass is 10.3. The van der Waals surface area contributed by atoms with E-state index >= 15 is 0 Å². The second-order valence-electron chi connectivity index (χ2n) is 2.73. The third-order valence-corrected chi connectivity index (χ3v) is 1.70. The largest absolute Gasteiger partial charge is 0.265 e. The quantitative estimate of drug-likeness (QED) is 0.669. The summed E-state index contributed by atoms with van der Waals surface area (Å²) < 4.78 is 0. The molecule has 0 radical (unpaired) electrons. The molecule has 68 valence electrons. The molecular formula is C11H9N3. The summed E-state index contributed by atoms with van der Waals surface area (Å²) in [4.78, 5) is 12.2. The molecule has 2 heterocycles. The minimum Gasteiger partial charge on any atom is -0.265 e. The van der Waals surface area contributed by atoms with Crippen molar-refractivity contribution in [1.29, 1.82) is 0 Å². The normalized spacial score (nSPS) is 10.6. The van der Waals surface area contributed by atoms with E-state index in [1.807, 2.05) is 30.3 Å². The van der Waals surface area contributed by atoms with Crippen LogP contribution in [0.25, 0.3) is 0 Å². The summed E-state index contributed by atoms with van der Waals surface area (Å²) in [5, 5.41) is 0. The topological polar surface area (TPSA) is 38.1 Å². The van der Waals surface area contributed by atoms with Gasteiger partial charge < -0.3 is 0 Å². The molecule has 0 saturated heterocycles. The Labute approximate surface area is 82.2 Å². The molecule has 0 N–H and O–H groups in total. The first kappa shape index (κ1) is 8.56. The molecule has 0 atom stereocenters. The van der Waals surface area contributed by atoms with Gasteiger partial charge in [0.25, 0.3) is 0 Å². The van der Waals surface area contributed by atoms with Crippen molar-refractivity contribution in [3.05, 3.63) is 54.5 Å². The van der Waals surface area contributed by atoms with E-state index < -0.39 is 0 Å². The summed E-state index contributed by atoms with van der Waals surface area (Å²) in [7, 11) is 0. The van der Waals surface area contributed by atoms with Crippen molar-refractivity contribution in [3.63, 3.8) is 0 Å². The van der Waals surface area contributed by atoms with Crippen LogP contribution in [0.3, 0.4) is 0 Å². The monoisotopic (exact) mass is 183 g/mol. The summed E-state index contributed by atoms with van der Waals surface area (Å²) in [6.07, 6.45) is 6.96. The Morgan fingerprint density at radius 1 is 1.00 bits per heavy atom. The molecule has 0 unspecified atom stereocenters. The third-order valence-electron chi connectivity index (χ3n) is 1.70. The first-order chi connectivity index (χ1) is 6.95. The highest BCUT2D eigenvalue weighted by atomic mass is 14.9. The Morgan fingerprint density at radius 3 is 2.57 bits per heavy atom. The van der Waals surface area contributed by atoms with Crippen molar-refractivity contribution < 1.29 is 0 Å². The molecular weight excluding hydrogens is 174 g/mol. The van der Waals surface area contributed by atoms with Crippen molar-refractivity contribution in [1.82, 2.24) is 9.97 Å². The van der Waals surface area contributed by atoms with E-state index in [0.717, 1.165) is 5.56 Å². The molecule has 0 amide bonds. The van der Waals surface area contributed by atoms with E-state index in [0.29, 0.717) is 5.82 Å². The van der Waals surface area contributed by atoms with Crippen molar-refractivity contribution in [2.24, 2.45) is 4.99 Å². The lowest BCUT2D eigenvalue weighted by Gasteiger charge is -1.91. The lowest BCUT2D eigenvalue weighted by molar-refractivity contribution is 1.28. The average molecular weight is 183 g/mol. The lowest BCUT2D eigenvalue weighted by Crippen LogP contribution is -1.80. The van der Waals surface area contributed by atoms with Crippen LogP contribution in [-0.4, -0.2) is 16.2 Å². The predicted octanol–water partition coefficient (Wildman–Crippen LogP) is 2.23. The molecule has 2 aromatic rings. The number of hydrogen-bond donors (Lipinski definition) is 0. The molecule has 14 heavy (non-hydrogen) atoms. The molecule has 2 rings (SSSR count). The maximum Gasteiger partial charge on any atom is 0.151 e. The van der Waals surface area contributed by atoms with Gasteiger partial charge in [-0.25, -0.2) is 9.98 Å². The Kier molecular flexibility index (Phi) is 2.62. The second-order valence-corrected chi connectivity index (χ2v) is 2.73. The molecule has 3 heteroatoms. The Morgan fingerprint density at radius 2 is 1.86 bits per heavy atom. The van der Waals surface area contributed by atoms with Gasteiger partial charge in [-0.1, -0.05) is 6.07 Å². The van der Waals surface area contributed by atoms with Gasteiger partial charge in [0.2, 0.25) is 0 Å². The van der Waals surface area contributed by atoms with Crippen molar-refractivity contribution in [2.45, 2.75) is 0 Å². The van der Waals surface area contributed by atoms with Gasteiger partial charge in [-0.15, -0.1) is 0 Å². The van der Waals surface area contributed by atoms with Gasteiger partial charge in [0.15, 0.2) is 5.82 Å². The second kappa shape index (κ2) is 4.28. The first-order valence-corrected chi connectivity index (χ1v) is 4.30. The molecule has 2 aromatic heterocycles. The van der Waals surface area contributed by atoms with E-state index in [4.69, 9.17) is 0 Å². The fourth-order valence-electron chi connectivity index (χ4n) is 1.02. The fraction of sp³-hybridized carbons (Fsp3) is 0. The minimum atomic E-state index is 0.712. The maximum absolute atomic E-state index is 4.21. The summed E-state index contributed by atoms with van der Waals surface area (Å²) in [5.41, 5.74) is 1.02. The van der Waals surface area contributed by atoms with Crippen LogP contribution in [0.15, 0.2) is 53.9 Å². The van der Waals surface area contributed by atoms with Gasteiger partial charge in [-0.3, -0.25) is 4.98 Å². The van der Waals surface area contributed by atoms with E-state index in [2.05, 4.69) is 15.0 Å². The van der Waals surface area contributed by atoms with Crippen LogP contribution >= 0.6 is 0 Å². The summed E-state index contributed by atoms with van der Waals surface area (Å²) in [6, 6.07) is 9.42. The van der Waals surface area contributed by atoms with Crippen LogP contribution < -0.4 is 0 Å². The van der Waals surface area contributed by atoms with Crippen LogP contribution in [0, 0.1) is 0 Å².